The van der Waals surface area contributed by atoms with Gasteiger partial charge in [0.2, 0.25) is 5.91 Å². The van der Waals surface area contributed by atoms with Gasteiger partial charge >= 0.3 is 0 Å². The average Bonchev–Trinajstić information content (AvgIpc) is 2.68. The molecular formula is C23H24ClN3O2. The molecule has 0 saturated heterocycles. The highest BCUT2D eigenvalue weighted by Gasteiger charge is 2.33. The van der Waals surface area contributed by atoms with Crippen LogP contribution in [0.2, 0.25) is 5.02 Å². The highest BCUT2D eigenvalue weighted by molar-refractivity contribution is 6.31. The molecule has 0 radical (unpaired) electrons. The quantitative estimate of drug-likeness (QED) is 0.624. The Kier molecular flexibility index (Phi) is 5.41. The number of benzene rings is 2. The van der Waals surface area contributed by atoms with E-state index in [9.17, 15) is 9.59 Å². The molecule has 1 amide bonds. The van der Waals surface area contributed by atoms with Gasteiger partial charge in [-0.3, -0.25) is 14.2 Å². The van der Waals surface area contributed by atoms with E-state index in [1.54, 1.807) is 25.2 Å². The van der Waals surface area contributed by atoms with E-state index in [0.29, 0.717) is 28.3 Å². The molecule has 3 aromatic rings. The van der Waals surface area contributed by atoms with Crippen LogP contribution in [0.25, 0.3) is 10.9 Å². The Morgan fingerprint density at radius 2 is 1.97 bits per heavy atom. The van der Waals surface area contributed by atoms with Crippen LogP contribution >= 0.6 is 11.6 Å². The molecule has 0 spiro atoms. The molecular weight excluding hydrogens is 386 g/mol. The van der Waals surface area contributed by atoms with Crippen LogP contribution in [-0.4, -0.2) is 20.4 Å². The number of carbonyl (C=O) groups is 1. The third kappa shape index (κ3) is 3.79. The normalized spacial score (nSPS) is 15.1. The van der Waals surface area contributed by atoms with Crippen molar-refractivity contribution in [2.45, 2.75) is 38.8 Å². The summed E-state index contributed by atoms with van der Waals surface area (Å²) in [6, 6.07) is 14.7. The van der Waals surface area contributed by atoms with Gasteiger partial charge in [0.15, 0.2) is 0 Å². The first-order chi connectivity index (χ1) is 14.0. The van der Waals surface area contributed by atoms with Gasteiger partial charge < -0.3 is 4.90 Å². The van der Waals surface area contributed by atoms with Crippen molar-refractivity contribution in [3.8, 4) is 0 Å². The maximum Gasteiger partial charge on any atom is 0.261 e. The lowest BCUT2D eigenvalue weighted by Crippen LogP contribution is -2.41. The molecule has 1 unspecified atom stereocenters. The van der Waals surface area contributed by atoms with Gasteiger partial charge in [0.1, 0.15) is 5.82 Å². The van der Waals surface area contributed by atoms with Gasteiger partial charge in [-0.05, 0) is 43.5 Å². The highest BCUT2D eigenvalue weighted by Crippen LogP contribution is 2.32. The fourth-order valence-corrected chi connectivity index (χ4v) is 4.02. The van der Waals surface area contributed by atoms with E-state index in [1.807, 2.05) is 42.2 Å². The van der Waals surface area contributed by atoms with Crippen LogP contribution in [0.1, 0.15) is 43.6 Å². The molecule has 6 heteroatoms. The van der Waals surface area contributed by atoms with Crippen LogP contribution in [0.15, 0.2) is 53.3 Å². The molecule has 0 N–H and O–H groups in total. The summed E-state index contributed by atoms with van der Waals surface area (Å²) in [5, 5.41) is 0.985. The van der Waals surface area contributed by atoms with Crippen molar-refractivity contribution in [2.24, 2.45) is 13.0 Å². The lowest BCUT2D eigenvalue weighted by atomic mass is 9.84. The van der Waals surface area contributed by atoms with Gasteiger partial charge in [0, 0.05) is 24.5 Å². The van der Waals surface area contributed by atoms with Crippen molar-refractivity contribution in [3.63, 3.8) is 0 Å². The van der Waals surface area contributed by atoms with Crippen LogP contribution in [0.4, 0.5) is 0 Å². The second-order valence-corrected chi connectivity index (χ2v) is 8.19. The van der Waals surface area contributed by atoms with Crippen molar-refractivity contribution in [3.05, 3.63) is 75.3 Å². The van der Waals surface area contributed by atoms with Crippen LogP contribution in [-0.2, 0) is 18.4 Å². The monoisotopic (exact) mass is 409 g/mol. The van der Waals surface area contributed by atoms with Gasteiger partial charge in [0.05, 0.1) is 16.9 Å². The van der Waals surface area contributed by atoms with Crippen LogP contribution in [0.5, 0.6) is 0 Å². The molecule has 1 aliphatic carbocycles. The summed E-state index contributed by atoms with van der Waals surface area (Å²) in [4.78, 5) is 32.8. The lowest BCUT2D eigenvalue weighted by Gasteiger charge is -2.35. The zero-order chi connectivity index (χ0) is 20.5. The Balaban J connectivity index is 1.76. The summed E-state index contributed by atoms with van der Waals surface area (Å²) < 4.78 is 1.54. The van der Waals surface area contributed by atoms with Crippen molar-refractivity contribution in [1.82, 2.24) is 14.5 Å². The summed E-state index contributed by atoms with van der Waals surface area (Å²) in [6.45, 7) is 2.44. The third-order valence-corrected chi connectivity index (χ3v) is 6.08. The Labute approximate surface area is 174 Å². The van der Waals surface area contributed by atoms with Crippen molar-refractivity contribution < 1.29 is 4.79 Å². The van der Waals surface area contributed by atoms with Gasteiger partial charge in [0.25, 0.3) is 5.56 Å². The largest absolute Gasteiger partial charge is 0.328 e. The fraction of sp³-hybridized carbons (Fsp3) is 0.348. The number of fused-ring (bicyclic) bond motifs is 1. The maximum atomic E-state index is 13.2. The van der Waals surface area contributed by atoms with E-state index in [1.165, 1.54) is 4.57 Å². The standard InChI is InChI=1S/C23H24ClN3O2/c1-15(21-25-20-12-11-18(24)13-19(20)23(29)26(21)2)27(22(28)17-9-6-10-17)14-16-7-4-3-5-8-16/h3-5,7-8,11-13,15,17H,6,9-10,14H2,1-2H3. The topological polar surface area (TPSA) is 55.2 Å². The smallest absolute Gasteiger partial charge is 0.261 e. The molecule has 1 heterocycles. The molecule has 2 aromatic carbocycles. The minimum Gasteiger partial charge on any atom is -0.328 e. The zero-order valence-corrected chi connectivity index (χ0v) is 17.4. The van der Waals surface area contributed by atoms with Gasteiger partial charge in [-0.15, -0.1) is 0 Å². The molecule has 29 heavy (non-hydrogen) atoms. The van der Waals surface area contributed by atoms with Crippen LogP contribution in [0.3, 0.4) is 0 Å². The molecule has 1 atom stereocenters. The van der Waals surface area contributed by atoms with E-state index in [-0.39, 0.29) is 23.4 Å². The predicted molar refractivity (Wildman–Crippen MR) is 115 cm³/mol. The fourth-order valence-electron chi connectivity index (χ4n) is 3.85. The minimum absolute atomic E-state index is 0.0671. The van der Waals surface area contributed by atoms with Gasteiger partial charge in [-0.2, -0.15) is 0 Å². The summed E-state index contributed by atoms with van der Waals surface area (Å²) in [5.41, 5.74) is 1.50. The summed E-state index contributed by atoms with van der Waals surface area (Å²) >= 11 is 6.06. The zero-order valence-electron chi connectivity index (χ0n) is 16.6. The summed E-state index contributed by atoms with van der Waals surface area (Å²) in [5.74, 6) is 0.781. The Morgan fingerprint density at radius 3 is 2.62 bits per heavy atom. The Morgan fingerprint density at radius 1 is 1.24 bits per heavy atom. The van der Waals surface area contributed by atoms with Crippen LogP contribution < -0.4 is 5.56 Å². The molecule has 1 aromatic heterocycles. The molecule has 0 aliphatic heterocycles. The second kappa shape index (κ2) is 7.99. The molecule has 4 rings (SSSR count). The molecule has 1 saturated carbocycles. The molecule has 0 bridgehead atoms. The number of hydrogen-bond acceptors (Lipinski definition) is 3. The lowest BCUT2D eigenvalue weighted by molar-refractivity contribution is -0.141. The minimum atomic E-state index is -0.332. The number of halogens is 1. The average molecular weight is 410 g/mol. The SMILES string of the molecule is CC(c1nc2ccc(Cl)cc2c(=O)n1C)N(Cc1ccccc1)C(=O)C1CCC1. The van der Waals surface area contributed by atoms with E-state index in [4.69, 9.17) is 16.6 Å². The van der Waals surface area contributed by atoms with E-state index in [0.717, 1.165) is 24.8 Å². The highest BCUT2D eigenvalue weighted by atomic mass is 35.5. The van der Waals surface area contributed by atoms with E-state index < -0.39 is 0 Å². The molecule has 1 aliphatic rings. The van der Waals surface area contributed by atoms with Gasteiger partial charge in [-0.1, -0.05) is 48.4 Å². The molecule has 1 fully saturated rings. The maximum absolute atomic E-state index is 13.2. The number of amides is 1. The van der Waals surface area contributed by atoms with Gasteiger partial charge in [-0.25, -0.2) is 4.98 Å². The number of rotatable bonds is 5. The predicted octanol–water partition coefficient (Wildman–Crippen LogP) is 4.48. The first-order valence-corrected chi connectivity index (χ1v) is 10.3. The van der Waals surface area contributed by atoms with Crippen molar-refractivity contribution in [2.75, 3.05) is 0 Å². The molecule has 150 valence electrons. The van der Waals surface area contributed by atoms with E-state index >= 15 is 0 Å². The number of carbonyl (C=O) groups excluding carboxylic acids is 1. The molecule has 5 nitrogen and oxygen atoms in total. The number of hydrogen-bond donors (Lipinski definition) is 0. The summed E-state index contributed by atoms with van der Waals surface area (Å²) in [6.07, 6.45) is 2.95. The third-order valence-electron chi connectivity index (χ3n) is 5.85. The number of nitrogens with zero attached hydrogens (tertiary/aromatic N) is 3. The summed E-state index contributed by atoms with van der Waals surface area (Å²) in [7, 11) is 1.70. The second-order valence-electron chi connectivity index (χ2n) is 7.75. The first-order valence-electron chi connectivity index (χ1n) is 9.96. The Bertz CT molecular complexity index is 1110. The Hall–Kier alpha value is -2.66. The van der Waals surface area contributed by atoms with Crippen molar-refractivity contribution in [1.29, 1.82) is 0 Å². The first kappa shape index (κ1) is 19.6. The number of aromatic nitrogens is 2. The van der Waals surface area contributed by atoms with Crippen molar-refractivity contribution >= 4 is 28.4 Å². The van der Waals surface area contributed by atoms with Crippen LogP contribution in [0, 0.1) is 5.92 Å². The van der Waals surface area contributed by atoms with E-state index in [2.05, 4.69) is 0 Å².